The molecular weight excluding hydrogens is 146 g/mol. The van der Waals surface area contributed by atoms with Gasteiger partial charge in [0.1, 0.15) is 0 Å². The SMILES string of the molecule is CC(CO)N=C(N)N=C(N)N. The van der Waals surface area contributed by atoms with Gasteiger partial charge < -0.3 is 22.3 Å². The van der Waals surface area contributed by atoms with E-state index in [-0.39, 0.29) is 24.6 Å². The highest BCUT2D eigenvalue weighted by Crippen LogP contribution is 1.86. The van der Waals surface area contributed by atoms with Crippen molar-refractivity contribution in [1.82, 2.24) is 0 Å². The fraction of sp³-hybridized carbons (Fsp3) is 0.600. The first-order valence-corrected chi connectivity index (χ1v) is 3.10. The summed E-state index contributed by atoms with van der Waals surface area (Å²) in [5, 5.41) is 8.54. The summed E-state index contributed by atoms with van der Waals surface area (Å²) in [6, 6.07) is -0.280. The molecule has 0 spiro atoms. The summed E-state index contributed by atoms with van der Waals surface area (Å²) in [6.07, 6.45) is 0. The number of hydrogen-bond donors (Lipinski definition) is 4. The fourth-order valence-electron chi connectivity index (χ4n) is 0.428. The second-order valence-corrected chi connectivity index (χ2v) is 2.06. The van der Waals surface area contributed by atoms with Gasteiger partial charge in [-0.1, -0.05) is 0 Å². The highest BCUT2D eigenvalue weighted by atomic mass is 16.3. The largest absolute Gasteiger partial charge is 0.394 e. The molecule has 0 heterocycles. The van der Waals surface area contributed by atoms with Gasteiger partial charge in [0.05, 0.1) is 12.6 Å². The summed E-state index contributed by atoms with van der Waals surface area (Å²) in [4.78, 5) is 7.19. The zero-order chi connectivity index (χ0) is 8.85. The van der Waals surface area contributed by atoms with Crippen molar-refractivity contribution in [2.24, 2.45) is 27.2 Å². The molecule has 0 aromatic rings. The summed E-state index contributed by atoms with van der Waals surface area (Å²) in [7, 11) is 0. The summed E-state index contributed by atoms with van der Waals surface area (Å²) in [5.41, 5.74) is 15.3. The van der Waals surface area contributed by atoms with Gasteiger partial charge >= 0.3 is 0 Å². The Morgan fingerprint density at radius 3 is 2.36 bits per heavy atom. The quantitative estimate of drug-likeness (QED) is 0.273. The normalized spacial score (nSPS) is 14.2. The molecule has 0 radical (unpaired) electrons. The third-order valence-corrected chi connectivity index (χ3v) is 0.861. The maximum Gasteiger partial charge on any atom is 0.218 e. The molecule has 0 rings (SSSR count). The molecule has 0 aliphatic carbocycles. The average molecular weight is 159 g/mol. The fourth-order valence-corrected chi connectivity index (χ4v) is 0.428. The Kier molecular flexibility index (Phi) is 3.97. The maximum absolute atomic E-state index is 8.54. The van der Waals surface area contributed by atoms with Gasteiger partial charge in [-0.3, -0.25) is 0 Å². The Bertz CT molecular complexity index is 172. The molecule has 0 aromatic heterocycles. The van der Waals surface area contributed by atoms with Crippen LogP contribution in [-0.2, 0) is 0 Å². The first-order valence-electron chi connectivity index (χ1n) is 3.10. The summed E-state index contributed by atoms with van der Waals surface area (Å²) >= 11 is 0. The van der Waals surface area contributed by atoms with Crippen LogP contribution in [-0.4, -0.2) is 29.7 Å². The Morgan fingerprint density at radius 2 is 2.00 bits per heavy atom. The van der Waals surface area contributed by atoms with Crippen LogP contribution >= 0.6 is 0 Å². The van der Waals surface area contributed by atoms with E-state index in [2.05, 4.69) is 9.98 Å². The van der Waals surface area contributed by atoms with Gasteiger partial charge in [-0.15, -0.1) is 0 Å². The van der Waals surface area contributed by atoms with Crippen molar-refractivity contribution in [3.8, 4) is 0 Å². The third kappa shape index (κ3) is 5.16. The Balaban J connectivity index is 4.11. The van der Waals surface area contributed by atoms with Crippen molar-refractivity contribution < 1.29 is 5.11 Å². The van der Waals surface area contributed by atoms with E-state index in [9.17, 15) is 0 Å². The van der Waals surface area contributed by atoms with E-state index in [1.807, 2.05) is 0 Å². The van der Waals surface area contributed by atoms with Crippen LogP contribution in [0.25, 0.3) is 0 Å². The van der Waals surface area contributed by atoms with Crippen molar-refractivity contribution in [3.05, 3.63) is 0 Å². The molecule has 0 aromatic carbocycles. The number of nitrogens with zero attached hydrogens (tertiary/aromatic N) is 2. The molecule has 0 fully saturated rings. The molecule has 6 heteroatoms. The third-order valence-electron chi connectivity index (χ3n) is 0.861. The van der Waals surface area contributed by atoms with Crippen molar-refractivity contribution in [2.75, 3.05) is 6.61 Å². The highest BCUT2D eigenvalue weighted by Gasteiger charge is 1.96. The van der Waals surface area contributed by atoms with Crippen LogP contribution < -0.4 is 17.2 Å². The van der Waals surface area contributed by atoms with Gasteiger partial charge in [-0.2, -0.15) is 4.99 Å². The van der Waals surface area contributed by atoms with Gasteiger partial charge in [-0.25, -0.2) is 4.99 Å². The number of aliphatic hydroxyl groups excluding tert-OH is 1. The molecule has 0 saturated carbocycles. The van der Waals surface area contributed by atoms with Crippen LogP contribution in [0.2, 0.25) is 0 Å². The van der Waals surface area contributed by atoms with E-state index in [0.29, 0.717) is 0 Å². The lowest BCUT2D eigenvalue weighted by Crippen LogP contribution is -2.27. The molecule has 0 aliphatic heterocycles. The lowest BCUT2D eigenvalue weighted by atomic mass is 10.4. The van der Waals surface area contributed by atoms with Gasteiger partial charge in [-0.05, 0) is 6.92 Å². The molecule has 0 amide bonds. The monoisotopic (exact) mass is 159 g/mol. The number of nitrogens with two attached hydrogens (primary N) is 3. The predicted molar refractivity (Wildman–Crippen MR) is 44.0 cm³/mol. The van der Waals surface area contributed by atoms with Crippen molar-refractivity contribution in [3.63, 3.8) is 0 Å². The molecule has 1 atom stereocenters. The minimum atomic E-state index is -0.280. The van der Waals surface area contributed by atoms with Gasteiger partial charge in [0.25, 0.3) is 0 Å². The maximum atomic E-state index is 8.54. The summed E-state index contributed by atoms with van der Waals surface area (Å²) in [5.74, 6) is -0.164. The standard InChI is InChI=1S/C5H13N5O/c1-3(2-11)9-5(8)10-4(6)7/h3,11H,2H2,1H3,(H6,6,7,8,9,10). The molecule has 0 bridgehead atoms. The second-order valence-electron chi connectivity index (χ2n) is 2.06. The smallest absolute Gasteiger partial charge is 0.218 e. The van der Waals surface area contributed by atoms with Crippen LogP contribution in [0.5, 0.6) is 0 Å². The van der Waals surface area contributed by atoms with E-state index < -0.39 is 0 Å². The zero-order valence-corrected chi connectivity index (χ0v) is 6.36. The molecule has 64 valence electrons. The van der Waals surface area contributed by atoms with Crippen LogP contribution in [0.15, 0.2) is 9.98 Å². The van der Waals surface area contributed by atoms with E-state index in [0.717, 1.165) is 0 Å². The van der Waals surface area contributed by atoms with Gasteiger partial charge in [0.2, 0.25) is 5.96 Å². The van der Waals surface area contributed by atoms with Gasteiger partial charge in [0.15, 0.2) is 5.96 Å². The lowest BCUT2D eigenvalue weighted by Gasteiger charge is -2.00. The zero-order valence-electron chi connectivity index (χ0n) is 6.36. The molecular formula is C5H13N5O. The topological polar surface area (TPSA) is 123 Å². The minimum absolute atomic E-state index is 0.0217. The Labute approximate surface area is 64.8 Å². The van der Waals surface area contributed by atoms with E-state index in [4.69, 9.17) is 22.3 Å². The Morgan fingerprint density at radius 1 is 1.45 bits per heavy atom. The molecule has 6 nitrogen and oxygen atoms in total. The first-order chi connectivity index (χ1) is 5.06. The van der Waals surface area contributed by atoms with Crippen LogP contribution in [0.1, 0.15) is 6.92 Å². The molecule has 1 unspecified atom stereocenters. The van der Waals surface area contributed by atoms with Crippen molar-refractivity contribution in [2.45, 2.75) is 13.0 Å². The Hall–Kier alpha value is -1.30. The van der Waals surface area contributed by atoms with Crippen molar-refractivity contribution in [1.29, 1.82) is 0 Å². The minimum Gasteiger partial charge on any atom is -0.394 e. The number of aliphatic hydroxyl groups is 1. The number of aliphatic imine (C=N–C) groups is 2. The van der Waals surface area contributed by atoms with Crippen LogP contribution in [0.3, 0.4) is 0 Å². The summed E-state index contributed by atoms with van der Waals surface area (Å²) in [6.45, 7) is 1.61. The predicted octanol–water partition coefficient (Wildman–Crippen LogP) is -2.04. The molecule has 0 saturated heterocycles. The van der Waals surface area contributed by atoms with E-state index >= 15 is 0 Å². The number of hydrogen-bond acceptors (Lipinski definition) is 2. The van der Waals surface area contributed by atoms with Crippen molar-refractivity contribution >= 4 is 11.9 Å². The number of guanidine groups is 2. The van der Waals surface area contributed by atoms with Crippen LogP contribution in [0.4, 0.5) is 0 Å². The number of rotatable bonds is 2. The average Bonchev–Trinajstić information content (AvgIpc) is 1.85. The highest BCUT2D eigenvalue weighted by molar-refractivity contribution is 5.92. The molecule has 11 heavy (non-hydrogen) atoms. The molecule has 0 aliphatic rings. The second kappa shape index (κ2) is 4.51. The first kappa shape index (κ1) is 9.70. The summed E-state index contributed by atoms with van der Waals surface area (Å²) < 4.78 is 0. The van der Waals surface area contributed by atoms with E-state index in [1.165, 1.54) is 0 Å². The van der Waals surface area contributed by atoms with Gasteiger partial charge in [0, 0.05) is 0 Å². The van der Waals surface area contributed by atoms with Crippen LogP contribution in [0, 0.1) is 0 Å². The van der Waals surface area contributed by atoms with E-state index in [1.54, 1.807) is 6.92 Å². The molecule has 7 N–H and O–H groups in total. The lowest BCUT2D eigenvalue weighted by molar-refractivity contribution is 0.274.